The van der Waals surface area contributed by atoms with Gasteiger partial charge in [0, 0.05) is 45.1 Å². The second kappa shape index (κ2) is 11.1. The fraction of sp³-hybridized carbons (Fsp3) is 0.778. The minimum absolute atomic E-state index is 0.868. The van der Waals surface area contributed by atoms with Crippen molar-refractivity contribution in [3.8, 4) is 0 Å². The van der Waals surface area contributed by atoms with Gasteiger partial charge >= 0.3 is 0 Å². The molecule has 136 valence electrons. The van der Waals surface area contributed by atoms with E-state index in [0.717, 1.165) is 57.3 Å². The summed E-state index contributed by atoms with van der Waals surface area (Å²) in [5.41, 5.74) is 0. The van der Waals surface area contributed by atoms with Crippen molar-refractivity contribution in [3.63, 3.8) is 0 Å². The highest BCUT2D eigenvalue weighted by atomic mass is 15.2. The lowest BCUT2D eigenvalue weighted by atomic mass is 10.1. The van der Waals surface area contributed by atoms with Gasteiger partial charge in [0.2, 0.25) is 0 Å². The number of hydrogen-bond donors (Lipinski definition) is 2. The molecule has 2 rings (SSSR count). The maximum Gasteiger partial charge on any atom is 0.191 e. The van der Waals surface area contributed by atoms with Crippen LogP contribution in [0.15, 0.2) is 17.4 Å². The second-order valence-corrected chi connectivity index (χ2v) is 6.46. The molecule has 0 bridgehead atoms. The summed E-state index contributed by atoms with van der Waals surface area (Å²) in [6, 6.07) is 0. The van der Waals surface area contributed by atoms with E-state index in [1.807, 2.05) is 19.3 Å². The zero-order valence-corrected chi connectivity index (χ0v) is 15.4. The van der Waals surface area contributed by atoms with Crippen molar-refractivity contribution in [2.24, 2.45) is 4.99 Å². The van der Waals surface area contributed by atoms with Gasteiger partial charge in [0.1, 0.15) is 5.82 Å². The molecule has 0 aromatic carbocycles. The van der Waals surface area contributed by atoms with Crippen LogP contribution >= 0.6 is 0 Å². The zero-order chi connectivity index (χ0) is 17.0. The van der Waals surface area contributed by atoms with E-state index in [1.165, 1.54) is 32.4 Å². The summed E-state index contributed by atoms with van der Waals surface area (Å²) in [4.78, 5) is 11.5. The van der Waals surface area contributed by atoms with E-state index in [-0.39, 0.29) is 0 Å². The predicted octanol–water partition coefficient (Wildman–Crippen LogP) is 2.01. The molecule has 6 heteroatoms. The number of aryl methyl sites for hydroxylation is 2. The molecule has 0 amide bonds. The lowest BCUT2D eigenvalue weighted by Crippen LogP contribution is -2.42. The van der Waals surface area contributed by atoms with Crippen LogP contribution in [-0.2, 0) is 6.54 Å². The van der Waals surface area contributed by atoms with Gasteiger partial charge in [0.05, 0.1) is 0 Å². The predicted molar refractivity (Wildman–Crippen MR) is 100 cm³/mol. The SMILES string of the molecule is CCNC(=NCCCCn1ccnc1C)NCCN1CCCCC1. The van der Waals surface area contributed by atoms with Crippen molar-refractivity contribution in [1.82, 2.24) is 25.1 Å². The Labute approximate surface area is 146 Å². The molecule has 0 atom stereocenters. The van der Waals surface area contributed by atoms with Crippen molar-refractivity contribution in [1.29, 1.82) is 0 Å². The molecular formula is C18H34N6. The van der Waals surface area contributed by atoms with Crippen LogP contribution in [0.2, 0.25) is 0 Å². The molecule has 1 aromatic rings. The standard InChI is InChI=1S/C18H34N6/c1-3-19-18(22-10-15-23-12-6-4-7-13-23)21-9-5-8-14-24-16-11-20-17(24)2/h11,16H,3-10,12-15H2,1-2H3,(H2,19,21,22). The maximum absolute atomic E-state index is 4.69. The first-order valence-corrected chi connectivity index (χ1v) is 9.52. The molecule has 0 saturated carbocycles. The van der Waals surface area contributed by atoms with Gasteiger partial charge in [-0.3, -0.25) is 4.99 Å². The molecular weight excluding hydrogens is 300 g/mol. The Bertz CT molecular complexity index is 476. The summed E-state index contributed by atoms with van der Waals surface area (Å²) in [5, 5.41) is 6.80. The first kappa shape index (κ1) is 18.8. The van der Waals surface area contributed by atoms with Gasteiger partial charge in [0.25, 0.3) is 0 Å². The lowest BCUT2D eigenvalue weighted by molar-refractivity contribution is 0.232. The van der Waals surface area contributed by atoms with Gasteiger partial charge in [-0.15, -0.1) is 0 Å². The Balaban J connectivity index is 1.61. The number of imidazole rings is 1. The maximum atomic E-state index is 4.69. The van der Waals surface area contributed by atoms with E-state index in [2.05, 4.69) is 37.0 Å². The summed E-state index contributed by atoms with van der Waals surface area (Å²) in [6.07, 6.45) is 10.2. The van der Waals surface area contributed by atoms with Gasteiger partial charge in [-0.2, -0.15) is 0 Å². The Morgan fingerprint density at radius 3 is 2.71 bits per heavy atom. The van der Waals surface area contributed by atoms with Crippen molar-refractivity contribution < 1.29 is 0 Å². The van der Waals surface area contributed by atoms with Crippen LogP contribution in [0, 0.1) is 6.92 Å². The van der Waals surface area contributed by atoms with Gasteiger partial charge in [-0.1, -0.05) is 6.42 Å². The van der Waals surface area contributed by atoms with Crippen molar-refractivity contribution in [3.05, 3.63) is 18.2 Å². The third-order valence-electron chi connectivity index (χ3n) is 4.51. The molecule has 1 aliphatic heterocycles. The monoisotopic (exact) mass is 334 g/mol. The molecule has 2 N–H and O–H groups in total. The number of aromatic nitrogens is 2. The second-order valence-electron chi connectivity index (χ2n) is 6.46. The highest BCUT2D eigenvalue weighted by Crippen LogP contribution is 2.07. The van der Waals surface area contributed by atoms with E-state index < -0.39 is 0 Å². The van der Waals surface area contributed by atoms with Crippen LogP contribution < -0.4 is 10.6 Å². The Hall–Kier alpha value is -1.56. The van der Waals surface area contributed by atoms with Crippen LogP contribution in [0.1, 0.15) is 44.9 Å². The average Bonchev–Trinajstić information content (AvgIpc) is 3.00. The normalized spacial score (nSPS) is 16.3. The van der Waals surface area contributed by atoms with Gasteiger partial charge in [-0.05, 0) is 52.6 Å². The smallest absolute Gasteiger partial charge is 0.191 e. The fourth-order valence-corrected chi connectivity index (χ4v) is 3.08. The van der Waals surface area contributed by atoms with Crippen molar-refractivity contribution in [2.45, 2.75) is 52.5 Å². The molecule has 1 saturated heterocycles. The van der Waals surface area contributed by atoms with Gasteiger partial charge < -0.3 is 20.1 Å². The number of piperidine rings is 1. The Morgan fingerprint density at radius 2 is 2.00 bits per heavy atom. The fourth-order valence-electron chi connectivity index (χ4n) is 3.08. The minimum atomic E-state index is 0.868. The molecule has 1 aromatic heterocycles. The molecule has 1 aliphatic rings. The summed E-state index contributed by atoms with van der Waals surface area (Å²) >= 11 is 0. The first-order valence-electron chi connectivity index (χ1n) is 9.52. The summed E-state index contributed by atoms with van der Waals surface area (Å²) < 4.78 is 2.20. The van der Waals surface area contributed by atoms with Crippen LogP contribution in [0.3, 0.4) is 0 Å². The number of likely N-dealkylation sites (tertiary alicyclic amines) is 1. The van der Waals surface area contributed by atoms with Crippen LogP contribution in [0.4, 0.5) is 0 Å². The number of aliphatic imine (C=N–C) groups is 1. The minimum Gasteiger partial charge on any atom is -0.357 e. The summed E-state index contributed by atoms with van der Waals surface area (Å²) in [5.74, 6) is 2.04. The largest absolute Gasteiger partial charge is 0.357 e. The number of nitrogens with zero attached hydrogens (tertiary/aromatic N) is 4. The van der Waals surface area contributed by atoms with Crippen molar-refractivity contribution in [2.75, 3.05) is 39.3 Å². The number of hydrogen-bond acceptors (Lipinski definition) is 3. The average molecular weight is 335 g/mol. The molecule has 0 aliphatic carbocycles. The topological polar surface area (TPSA) is 57.5 Å². The van der Waals surface area contributed by atoms with E-state index in [4.69, 9.17) is 0 Å². The number of rotatable bonds is 9. The Kier molecular flexibility index (Phi) is 8.66. The van der Waals surface area contributed by atoms with E-state index in [1.54, 1.807) is 0 Å². The number of guanidine groups is 1. The van der Waals surface area contributed by atoms with E-state index in [9.17, 15) is 0 Å². The molecule has 24 heavy (non-hydrogen) atoms. The molecule has 2 heterocycles. The third-order valence-corrected chi connectivity index (χ3v) is 4.51. The first-order chi connectivity index (χ1) is 11.8. The zero-order valence-electron chi connectivity index (χ0n) is 15.4. The molecule has 0 unspecified atom stereocenters. The third kappa shape index (κ3) is 6.91. The van der Waals surface area contributed by atoms with Crippen LogP contribution in [-0.4, -0.2) is 59.7 Å². The Morgan fingerprint density at radius 1 is 1.17 bits per heavy atom. The van der Waals surface area contributed by atoms with Gasteiger partial charge in [0.15, 0.2) is 5.96 Å². The van der Waals surface area contributed by atoms with E-state index >= 15 is 0 Å². The molecule has 6 nitrogen and oxygen atoms in total. The van der Waals surface area contributed by atoms with Gasteiger partial charge in [-0.25, -0.2) is 4.98 Å². The highest BCUT2D eigenvalue weighted by molar-refractivity contribution is 5.79. The van der Waals surface area contributed by atoms with Crippen LogP contribution in [0.5, 0.6) is 0 Å². The lowest BCUT2D eigenvalue weighted by Gasteiger charge is -2.26. The van der Waals surface area contributed by atoms with Crippen LogP contribution in [0.25, 0.3) is 0 Å². The van der Waals surface area contributed by atoms with E-state index in [0.29, 0.717) is 0 Å². The quantitative estimate of drug-likeness (QED) is 0.412. The van der Waals surface area contributed by atoms with Crippen molar-refractivity contribution >= 4 is 5.96 Å². The number of unbranched alkanes of at least 4 members (excludes halogenated alkanes) is 1. The molecule has 0 spiro atoms. The highest BCUT2D eigenvalue weighted by Gasteiger charge is 2.09. The summed E-state index contributed by atoms with van der Waals surface area (Å²) in [6.45, 7) is 11.6. The molecule has 1 fully saturated rings. The summed E-state index contributed by atoms with van der Waals surface area (Å²) in [7, 11) is 0. The molecule has 0 radical (unpaired) electrons. The number of nitrogens with one attached hydrogen (secondary N) is 2.